The van der Waals surface area contributed by atoms with Crippen LogP contribution in [0.3, 0.4) is 0 Å². The number of nitriles is 1. The first-order valence-electron chi connectivity index (χ1n) is 6.35. The van der Waals surface area contributed by atoms with Crippen LogP contribution in [-0.4, -0.2) is 49.7 Å². The van der Waals surface area contributed by atoms with Crippen molar-refractivity contribution in [1.29, 1.82) is 5.26 Å². The number of rotatable bonds is 6. The molecule has 1 N–H and O–H groups in total. The van der Waals surface area contributed by atoms with E-state index < -0.39 is 18.5 Å². The fourth-order valence-electron chi connectivity index (χ4n) is 1.65. The minimum Gasteiger partial charge on any atom is -0.493 e. The number of amides is 1. The number of carboxylic acid groups (broad SMARTS) is 1. The van der Waals surface area contributed by atoms with Crippen LogP contribution in [0, 0.1) is 11.3 Å². The zero-order valence-electron chi connectivity index (χ0n) is 12.8. The Balaban J connectivity index is 3.25. The van der Waals surface area contributed by atoms with E-state index >= 15 is 0 Å². The zero-order chi connectivity index (χ0) is 17.6. The van der Waals surface area contributed by atoms with Gasteiger partial charge in [0.1, 0.15) is 11.6 Å². The Hall–Kier alpha value is -2.53. The van der Waals surface area contributed by atoms with Crippen molar-refractivity contribution >= 4 is 33.9 Å². The molecule has 1 aromatic rings. The van der Waals surface area contributed by atoms with Crippen LogP contribution in [0.25, 0.3) is 6.08 Å². The lowest BCUT2D eigenvalue weighted by Gasteiger charge is -2.13. The van der Waals surface area contributed by atoms with E-state index in [4.69, 9.17) is 19.8 Å². The second-order valence-electron chi connectivity index (χ2n) is 4.59. The van der Waals surface area contributed by atoms with Crippen molar-refractivity contribution in [3.05, 3.63) is 27.7 Å². The molecule has 0 saturated heterocycles. The fourth-order valence-corrected chi connectivity index (χ4v) is 2.22. The van der Waals surface area contributed by atoms with Crippen molar-refractivity contribution in [3.63, 3.8) is 0 Å². The predicted molar refractivity (Wildman–Crippen MR) is 86.1 cm³/mol. The number of carbonyl (C=O) groups is 2. The first-order valence-corrected chi connectivity index (χ1v) is 7.15. The summed E-state index contributed by atoms with van der Waals surface area (Å²) < 4.78 is 10.8. The first kappa shape index (κ1) is 18.5. The van der Waals surface area contributed by atoms with E-state index in [2.05, 4.69) is 15.9 Å². The summed E-state index contributed by atoms with van der Waals surface area (Å²) in [6.07, 6.45) is 1.41. The summed E-state index contributed by atoms with van der Waals surface area (Å²) in [5.41, 5.74) is 0.492. The lowest BCUT2D eigenvalue weighted by molar-refractivity contribution is -0.139. The number of benzene rings is 1. The van der Waals surface area contributed by atoms with Crippen molar-refractivity contribution in [2.45, 2.75) is 0 Å². The standard InChI is InChI=1S/C15H15BrN2O5/c1-18(2)15(21)10(7-17)4-9-5-11(16)14(12(6-9)22-3)23-8-13(19)20/h4-6H,8H2,1-3H3,(H,19,20)/b10-4-. The highest BCUT2D eigenvalue weighted by Gasteiger charge is 2.15. The van der Waals surface area contributed by atoms with Gasteiger partial charge in [-0.15, -0.1) is 0 Å². The number of carboxylic acids is 1. The predicted octanol–water partition coefficient (Wildman–Crippen LogP) is 1.92. The molecule has 0 saturated carbocycles. The van der Waals surface area contributed by atoms with Crippen molar-refractivity contribution in [1.82, 2.24) is 4.90 Å². The molecular formula is C15H15BrN2O5. The topological polar surface area (TPSA) is 99.9 Å². The molecule has 0 aliphatic heterocycles. The molecule has 0 aliphatic carbocycles. The molecule has 1 amide bonds. The average Bonchev–Trinajstić information content (AvgIpc) is 2.49. The third kappa shape index (κ3) is 5.00. The number of halogens is 1. The number of ether oxygens (including phenoxy) is 2. The molecule has 0 heterocycles. The van der Waals surface area contributed by atoms with Crippen LogP contribution in [0.2, 0.25) is 0 Å². The largest absolute Gasteiger partial charge is 0.493 e. The third-order valence-corrected chi connectivity index (χ3v) is 3.25. The molecule has 1 aromatic carbocycles. The van der Waals surface area contributed by atoms with Gasteiger partial charge in [0, 0.05) is 14.1 Å². The Kier molecular flexibility index (Phi) is 6.60. The summed E-state index contributed by atoms with van der Waals surface area (Å²) in [6.45, 7) is -0.521. The van der Waals surface area contributed by atoms with Gasteiger partial charge in [0.2, 0.25) is 0 Å². The molecule has 0 bridgehead atoms. The van der Waals surface area contributed by atoms with Gasteiger partial charge in [-0.05, 0) is 39.7 Å². The van der Waals surface area contributed by atoms with Crippen LogP contribution in [0.15, 0.2) is 22.2 Å². The summed E-state index contributed by atoms with van der Waals surface area (Å²) >= 11 is 3.26. The number of methoxy groups -OCH3 is 1. The minimum atomic E-state index is -1.12. The number of carbonyl (C=O) groups excluding carboxylic acids is 1. The number of hydrogen-bond acceptors (Lipinski definition) is 5. The Morgan fingerprint density at radius 2 is 2.09 bits per heavy atom. The van der Waals surface area contributed by atoms with Crippen LogP contribution in [-0.2, 0) is 9.59 Å². The third-order valence-electron chi connectivity index (χ3n) is 2.66. The molecule has 0 fully saturated rings. The summed E-state index contributed by atoms with van der Waals surface area (Å²) in [5, 5.41) is 17.8. The molecule has 0 aliphatic rings. The molecular weight excluding hydrogens is 368 g/mol. The van der Waals surface area contributed by atoms with Gasteiger partial charge in [0.05, 0.1) is 11.6 Å². The van der Waals surface area contributed by atoms with Gasteiger partial charge in [0.15, 0.2) is 18.1 Å². The summed E-state index contributed by atoms with van der Waals surface area (Å²) in [7, 11) is 4.50. The normalized spacial score (nSPS) is 10.7. The van der Waals surface area contributed by atoms with E-state index in [1.54, 1.807) is 26.2 Å². The number of likely N-dealkylation sites (N-methyl/N-ethyl adjacent to an activating group) is 1. The van der Waals surface area contributed by atoms with E-state index in [1.807, 2.05) is 6.07 Å². The highest BCUT2D eigenvalue weighted by Crippen LogP contribution is 2.37. The van der Waals surface area contributed by atoms with E-state index in [1.165, 1.54) is 18.1 Å². The maximum atomic E-state index is 11.9. The van der Waals surface area contributed by atoms with Crippen LogP contribution < -0.4 is 9.47 Å². The van der Waals surface area contributed by atoms with Gasteiger partial charge in [0.25, 0.3) is 5.91 Å². The van der Waals surface area contributed by atoms with Crippen molar-refractivity contribution < 1.29 is 24.2 Å². The van der Waals surface area contributed by atoms with Gasteiger partial charge in [-0.25, -0.2) is 4.79 Å². The SMILES string of the molecule is COc1cc(/C=C(/C#N)C(=O)N(C)C)cc(Br)c1OCC(=O)O. The maximum absolute atomic E-state index is 11.9. The van der Waals surface area contributed by atoms with E-state index in [-0.39, 0.29) is 17.1 Å². The lowest BCUT2D eigenvalue weighted by Crippen LogP contribution is -2.22. The quantitative estimate of drug-likeness (QED) is 0.595. The lowest BCUT2D eigenvalue weighted by atomic mass is 10.1. The molecule has 8 heteroatoms. The molecule has 122 valence electrons. The van der Waals surface area contributed by atoms with E-state index in [0.29, 0.717) is 10.0 Å². The molecule has 0 aromatic heterocycles. The summed E-state index contributed by atoms with van der Waals surface area (Å²) in [6, 6.07) is 4.99. The van der Waals surface area contributed by atoms with Gasteiger partial charge < -0.3 is 19.5 Å². The summed E-state index contributed by atoms with van der Waals surface area (Å²) in [5.74, 6) is -1.04. The van der Waals surface area contributed by atoms with Crippen molar-refractivity contribution in [2.75, 3.05) is 27.8 Å². The van der Waals surface area contributed by atoms with E-state index in [0.717, 1.165) is 0 Å². The van der Waals surface area contributed by atoms with Crippen molar-refractivity contribution in [3.8, 4) is 17.6 Å². The van der Waals surface area contributed by atoms with E-state index in [9.17, 15) is 9.59 Å². The highest BCUT2D eigenvalue weighted by molar-refractivity contribution is 9.10. The fraction of sp³-hybridized carbons (Fsp3) is 0.267. The smallest absolute Gasteiger partial charge is 0.341 e. The first-order chi connectivity index (χ1) is 10.8. The Labute approximate surface area is 141 Å². The minimum absolute atomic E-state index is 0.0387. The molecule has 7 nitrogen and oxygen atoms in total. The molecule has 0 radical (unpaired) electrons. The van der Waals surface area contributed by atoms with Crippen LogP contribution >= 0.6 is 15.9 Å². The number of nitrogens with zero attached hydrogens (tertiary/aromatic N) is 2. The van der Waals surface area contributed by atoms with Crippen LogP contribution in [0.1, 0.15) is 5.56 Å². The Morgan fingerprint density at radius 3 is 2.57 bits per heavy atom. The monoisotopic (exact) mass is 382 g/mol. The molecule has 1 rings (SSSR count). The average molecular weight is 383 g/mol. The molecule has 23 heavy (non-hydrogen) atoms. The summed E-state index contributed by atoms with van der Waals surface area (Å²) in [4.78, 5) is 23.8. The number of hydrogen-bond donors (Lipinski definition) is 1. The molecule has 0 atom stereocenters. The zero-order valence-corrected chi connectivity index (χ0v) is 14.4. The molecule has 0 spiro atoms. The van der Waals surface area contributed by atoms with Gasteiger partial charge in [-0.3, -0.25) is 4.79 Å². The van der Waals surface area contributed by atoms with Gasteiger partial charge in [-0.2, -0.15) is 5.26 Å². The molecule has 0 unspecified atom stereocenters. The van der Waals surface area contributed by atoms with Gasteiger partial charge >= 0.3 is 5.97 Å². The highest BCUT2D eigenvalue weighted by atomic mass is 79.9. The Bertz CT molecular complexity index is 692. The van der Waals surface area contributed by atoms with Crippen LogP contribution in [0.5, 0.6) is 11.5 Å². The number of aliphatic carboxylic acids is 1. The van der Waals surface area contributed by atoms with Crippen molar-refractivity contribution in [2.24, 2.45) is 0 Å². The Morgan fingerprint density at radius 1 is 1.43 bits per heavy atom. The van der Waals surface area contributed by atoms with Gasteiger partial charge in [-0.1, -0.05) is 0 Å². The maximum Gasteiger partial charge on any atom is 0.341 e. The second-order valence-corrected chi connectivity index (χ2v) is 5.44. The van der Waals surface area contributed by atoms with Crippen LogP contribution in [0.4, 0.5) is 0 Å². The second kappa shape index (κ2) is 8.19.